The molecule has 6 heteroatoms. The summed E-state index contributed by atoms with van der Waals surface area (Å²) >= 11 is 0. The molecule has 112 valence electrons. The summed E-state index contributed by atoms with van der Waals surface area (Å²) in [6.45, 7) is 3.97. The standard InChI is InChI=1S/C15H19N3O2S/c1-10(2)9-12(16)15(19)18-21(20)13-7-3-5-11-6-4-8-17-14(11)13/h3-8,10,12H,9,16H2,1-2H3,(H,18,19). The molecule has 2 aromatic rings. The van der Waals surface area contributed by atoms with Crippen molar-refractivity contribution in [2.45, 2.75) is 31.2 Å². The van der Waals surface area contributed by atoms with Crippen LogP contribution in [0.1, 0.15) is 20.3 Å². The average Bonchev–Trinajstić information content (AvgIpc) is 2.45. The Labute approximate surface area is 126 Å². The third kappa shape index (κ3) is 3.86. The van der Waals surface area contributed by atoms with Crippen LogP contribution in [-0.4, -0.2) is 21.1 Å². The summed E-state index contributed by atoms with van der Waals surface area (Å²) in [5, 5.41) is 0.879. The first-order valence-corrected chi connectivity index (χ1v) is 7.95. The molecule has 3 N–H and O–H groups in total. The van der Waals surface area contributed by atoms with Crippen molar-refractivity contribution in [3.05, 3.63) is 36.5 Å². The van der Waals surface area contributed by atoms with Crippen molar-refractivity contribution in [1.29, 1.82) is 0 Å². The van der Waals surface area contributed by atoms with E-state index in [0.717, 1.165) is 5.39 Å². The van der Waals surface area contributed by atoms with Gasteiger partial charge in [-0.3, -0.25) is 14.5 Å². The van der Waals surface area contributed by atoms with Gasteiger partial charge in [-0.25, -0.2) is 4.21 Å². The van der Waals surface area contributed by atoms with E-state index < -0.39 is 22.9 Å². The van der Waals surface area contributed by atoms with Crippen LogP contribution in [0.25, 0.3) is 10.9 Å². The Bertz CT molecular complexity index is 668. The number of benzene rings is 1. The minimum absolute atomic E-state index is 0.304. The highest BCUT2D eigenvalue weighted by molar-refractivity contribution is 7.83. The van der Waals surface area contributed by atoms with Crippen molar-refractivity contribution in [1.82, 2.24) is 9.71 Å². The van der Waals surface area contributed by atoms with Gasteiger partial charge in [0.25, 0.3) is 0 Å². The number of carbonyl (C=O) groups is 1. The summed E-state index contributed by atoms with van der Waals surface area (Å²) < 4.78 is 14.8. The zero-order valence-electron chi connectivity index (χ0n) is 12.1. The molecule has 0 saturated heterocycles. The number of nitrogens with two attached hydrogens (primary N) is 1. The Balaban J connectivity index is 2.18. The molecule has 0 radical (unpaired) electrons. The van der Waals surface area contributed by atoms with Crippen LogP contribution < -0.4 is 10.5 Å². The Morgan fingerprint density at radius 2 is 2.05 bits per heavy atom. The second-order valence-corrected chi connectivity index (χ2v) is 6.48. The molecule has 5 nitrogen and oxygen atoms in total. The van der Waals surface area contributed by atoms with Crippen LogP contribution in [0, 0.1) is 5.92 Å². The predicted molar refractivity (Wildman–Crippen MR) is 83.7 cm³/mol. The van der Waals surface area contributed by atoms with Gasteiger partial charge >= 0.3 is 0 Å². The number of carbonyl (C=O) groups excluding carboxylic acids is 1. The molecule has 0 spiro atoms. The van der Waals surface area contributed by atoms with Crippen LogP contribution in [0.3, 0.4) is 0 Å². The van der Waals surface area contributed by atoms with Crippen LogP contribution in [0.15, 0.2) is 41.4 Å². The molecule has 0 aliphatic carbocycles. The molecule has 0 saturated carbocycles. The Morgan fingerprint density at radius 1 is 1.33 bits per heavy atom. The molecular formula is C15H19N3O2S. The first kappa shape index (κ1) is 15.6. The van der Waals surface area contributed by atoms with Gasteiger partial charge in [0.1, 0.15) is 0 Å². The van der Waals surface area contributed by atoms with E-state index in [-0.39, 0.29) is 0 Å². The minimum Gasteiger partial charge on any atom is -0.320 e. The second-order valence-electron chi connectivity index (χ2n) is 5.30. The molecule has 0 bridgehead atoms. The zero-order chi connectivity index (χ0) is 15.4. The largest absolute Gasteiger partial charge is 0.320 e. The molecule has 1 heterocycles. The van der Waals surface area contributed by atoms with Crippen molar-refractivity contribution < 1.29 is 9.00 Å². The van der Waals surface area contributed by atoms with Gasteiger partial charge in [0, 0.05) is 11.6 Å². The van der Waals surface area contributed by atoms with Gasteiger partial charge in [-0.1, -0.05) is 32.0 Å². The fourth-order valence-electron chi connectivity index (χ4n) is 2.06. The van der Waals surface area contributed by atoms with E-state index in [1.165, 1.54) is 0 Å². The number of para-hydroxylation sites is 1. The lowest BCUT2D eigenvalue weighted by atomic mass is 10.0. The molecule has 1 aromatic carbocycles. The van der Waals surface area contributed by atoms with Crippen molar-refractivity contribution in [3.8, 4) is 0 Å². The van der Waals surface area contributed by atoms with E-state index in [4.69, 9.17) is 5.73 Å². The molecule has 1 aromatic heterocycles. The van der Waals surface area contributed by atoms with E-state index in [2.05, 4.69) is 9.71 Å². The summed E-state index contributed by atoms with van der Waals surface area (Å²) in [5.41, 5.74) is 6.42. The predicted octanol–water partition coefficient (Wildman–Crippen LogP) is 1.75. The van der Waals surface area contributed by atoms with Crippen LogP contribution in [0.2, 0.25) is 0 Å². The summed E-state index contributed by atoms with van der Waals surface area (Å²) in [4.78, 5) is 16.7. The number of rotatable bonds is 5. The van der Waals surface area contributed by atoms with Gasteiger partial charge < -0.3 is 5.73 Å². The van der Waals surface area contributed by atoms with Gasteiger partial charge in [-0.2, -0.15) is 0 Å². The SMILES string of the molecule is CC(C)CC(N)C(=O)NS(=O)c1cccc2cccnc12. The van der Waals surface area contributed by atoms with Gasteiger partial charge in [0.2, 0.25) is 5.91 Å². The Kier molecular flexibility index (Phi) is 5.03. The molecular weight excluding hydrogens is 286 g/mol. The topological polar surface area (TPSA) is 85.1 Å². The van der Waals surface area contributed by atoms with E-state index in [1.54, 1.807) is 18.3 Å². The van der Waals surface area contributed by atoms with Gasteiger partial charge in [0.15, 0.2) is 11.0 Å². The Hall–Kier alpha value is -1.79. The first-order chi connectivity index (χ1) is 9.99. The molecule has 0 fully saturated rings. The summed E-state index contributed by atoms with van der Waals surface area (Å²) in [6.07, 6.45) is 2.19. The maximum atomic E-state index is 12.3. The van der Waals surface area contributed by atoms with Crippen LogP contribution in [0.4, 0.5) is 0 Å². The number of hydrogen-bond acceptors (Lipinski definition) is 4. The smallest absolute Gasteiger partial charge is 0.248 e. The summed E-state index contributed by atoms with van der Waals surface area (Å²) in [5.74, 6) is -0.103. The number of amides is 1. The number of hydrogen-bond donors (Lipinski definition) is 2. The molecule has 2 atom stereocenters. The van der Waals surface area contributed by atoms with Crippen molar-refractivity contribution in [2.24, 2.45) is 11.7 Å². The zero-order valence-corrected chi connectivity index (χ0v) is 12.9. The maximum Gasteiger partial charge on any atom is 0.248 e. The molecule has 2 rings (SSSR count). The summed E-state index contributed by atoms with van der Waals surface area (Å²) in [6, 6.07) is 8.41. The molecule has 2 unspecified atom stereocenters. The third-order valence-corrected chi connectivity index (χ3v) is 4.17. The number of nitrogens with one attached hydrogen (secondary N) is 1. The quantitative estimate of drug-likeness (QED) is 0.881. The minimum atomic E-state index is -1.67. The third-order valence-electron chi connectivity index (χ3n) is 3.05. The van der Waals surface area contributed by atoms with Crippen molar-refractivity contribution in [3.63, 3.8) is 0 Å². The monoisotopic (exact) mass is 305 g/mol. The average molecular weight is 305 g/mol. The highest BCUT2D eigenvalue weighted by Crippen LogP contribution is 2.18. The molecule has 0 aliphatic heterocycles. The van der Waals surface area contributed by atoms with Crippen LogP contribution in [-0.2, 0) is 15.8 Å². The summed E-state index contributed by atoms with van der Waals surface area (Å²) in [7, 11) is -1.67. The Morgan fingerprint density at radius 3 is 2.76 bits per heavy atom. The van der Waals surface area contributed by atoms with Gasteiger partial charge in [-0.05, 0) is 24.5 Å². The first-order valence-electron chi connectivity index (χ1n) is 6.80. The van der Waals surface area contributed by atoms with Crippen molar-refractivity contribution in [2.75, 3.05) is 0 Å². The highest BCUT2D eigenvalue weighted by atomic mass is 32.2. The van der Waals surface area contributed by atoms with E-state index >= 15 is 0 Å². The highest BCUT2D eigenvalue weighted by Gasteiger charge is 2.18. The number of nitrogens with zero attached hydrogens (tertiary/aromatic N) is 1. The van der Waals surface area contributed by atoms with Gasteiger partial charge in [-0.15, -0.1) is 0 Å². The van der Waals surface area contributed by atoms with E-state index in [0.29, 0.717) is 22.8 Å². The number of fused-ring (bicyclic) bond motifs is 1. The lowest BCUT2D eigenvalue weighted by molar-refractivity contribution is -0.120. The van der Waals surface area contributed by atoms with Crippen LogP contribution >= 0.6 is 0 Å². The fourth-order valence-corrected chi connectivity index (χ4v) is 3.06. The second kappa shape index (κ2) is 6.78. The lowest BCUT2D eigenvalue weighted by Gasteiger charge is -2.14. The fraction of sp³-hybridized carbons (Fsp3) is 0.333. The van der Waals surface area contributed by atoms with E-state index in [9.17, 15) is 9.00 Å². The number of pyridine rings is 1. The molecule has 21 heavy (non-hydrogen) atoms. The molecule has 1 amide bonds. The molecule has 0 aliphatic rings. The van der Waals surface area contributed by atoms with Gasteiger partial charge in [0.05, 0.1) is 16.5 Å². The maximum absolute atomic E-state index is 12.3. The normalized spacial score (nSPS) is 14.1. The van der Waals surface area contributed by atoms with Crippen molar-refractivity contribution >= 4 is 27.8 Å². The lowest BCUT2D eigenvalue weighted by Crippen LogP contribution is -2.42. The number of aromatic nitrogens is 1. The van der Waals surface area contributed by atoms with E-state index in [1.807, 2.05) is 32.0 Å². The van der Waals surface area contributed by atoms with Crippen LogP contribution in [0.5, 0.6) is 0 Å².